The van der Waals surface area contributed by atoms with E-state index in [9.17, 15) is 4.39 Å². The summed E-state index contributed by atoms with van der Waals surface area (Å²) in [5, 5.41) is 0. The van der Waals surface area contributed by atoms with Gasteiger partial charge in [-0.1, -0.05) is 6.07 Å². The van der Waals surface area contributed by atoms with Crippen molar-refractivity contribution in [2.75, 3.05) is 25.1 Å². The van der Waals surface area contributed by atoms with Gasteiger partial charge < -0.3 is 15.4 Å². The molecule has 1 aliphatic rings. The fraction of sp³-hybridized carbons (Fsp3) is 0.500. The minimum absolute atomic E-state index is 0.195. The molecule has 0 bridgehead atoms. The van der Waals surface area contributed by atoms with Crippen LogP contribution in [0.5, 0.6) is 0 Å². The van der Waals surface area contributed by atoms with Gasteiger partial charge in [-0.15, -0.1) is 0 Å². The molecule has 2 N–H and O–H groups in total. The van der Waals surface area contributed by atoms with Crippen LogP contribution in [0.1, 0.15) is 12.0 Å². The Hall–Kier alpha value is -1.13. The summed E-state index contributed by atoms with van der Waals surface area (Å²) in [6.07, 6.45) is 1.17. The molecule has 0 radical (unpaired) electrons. The molecule has 1 aliphatic heterocycles. The summed E-state index contributed by atoms with van der Waals surface area (Å²) in [5.41, 5.74) is 6.94. The van der Waals surface area contributed by atoms with Gasteiger partial charge in [-0.2, -0.15) is 0 Å². The third-order valence-electron chi connectivity index (χ3n) is 3.07. The zero-order valence-electron chi connectivity index (χ0n) is 9.45. The summed E-state index contributed by atoms with van der Waals surface area (Å²) >= 11 is 0. The Balaban J connectivity index is 2.15. The van der Waals surface area contributed by atoms with Crippen LogP contribution in [-0.4, -0.2) is 26.3 Å². The van der Waals surface area contributed by atoms with Crippen LogP contribution >= 0.6 is 0 Å². The molecule has 0 aromatic heterocycles. The maximum atomic E-state index is 13.8. The van der Waals surface area contributed by atoms with Gasteiger partial charge in [0.1, 0.15) is 5.82 Å². The monoisotopic (exact) mass is 224 g/mol. The highest BCUT2D eigenvalue weighted by Gasteiger charge is 2.24. The molecule has 0 saturated carbocycles. The molecular weight excluding hydrogens is 207 g/mol. The predicted octanol–water partition coefficient (Wildman–Crippen LogP) is 1.51. The minimum Gasteiger partial charge on any atom is -0.380 e. The molecule has 1 fully saturated rings. The van der Waals surface area contributed by atoms with Crippen molar-refractivity contribution < 1.29 is 9.13 Å². The summed E-state index contributed by atoms with van der Waals surface area (Å²) < 4.78 is 19.0. The Labute approximate surface area is 95.0 Å². The van der Waals surface area contributed by atoms with Crippen molar-refractivity contribution in [2.45, 2.75) is 19.1 Å². The molecule has 0 spiro atoms. The van der Waals surface area contributed by atoms with Crippen LogP contribution in [0.3, 0.4) is 0 Å². The van der Waals surface area contributed by atoms with E-state index in [1.165, 1.54) is 6.07 Å². The number of benzene rings is 1. The predicted molar refractivity (Wildman–Crippen MR) is 61.9 cm³/mol. The first-order valence-electron chi connectivity index (χ1n) is 5.51. The first-order valence-corrected chi connectivity index (χ1v) is 5.51. The van der Waals surface area contributed by atoms with Gasteiger partial charge in [0, 0.05) is 26.7 Å². The molecular formula is C12H17FN2O. The van der Waals surface area contributed by atoms with Crippen molar-refractivity contribution in [1.29, 1.82) is 0 Å². The van der Waals surface area contributed by atoms with Crippen molar-refractivity contribution in [1.82, 2.24) is 0 Å². The average Bonchev–Trinajstić information content (AvgIpc) is 2.77. The maximum absolute atomic E-state index is 13.8. The van der Waals surface area contributed by atoms with Gasteiger partial charge in [0.25, 0.3) is 0 Å². The van der Waals surface area contributed by atoms with Gasteiger partial charge in [-0.3, -0.25) is 0 Å². The number of ether oxygens (including phenoxy) is 1. The molecule has 1 atom stereocenters. The highest BCUT2D eigenvalue weighted by molar-refractivity contribution is 5.50. The lowest BCUT2D eigenvalue weighted by molar-refractivity contribution is 0.121. The second-order valence-corrected chi connectivity index (χ2v) is 4.08. The molecule has 1 aromatic rings. The van der Waals surface area contributed by atoms with Crippen LogP contribution in [0.15, 0.2) is 18.2 Å². The van der Waals surface area contributed by atoms with E-state index in [-0.39, 0.29) is 11.9 Å². The van der Waals surface area contributed by atoms with E-state index < -0.39 is 0 Å². The quantitative estimate of drug-likeness (QED) is 0.845. The Morgan fingerprint density at radius 3 is 2.94 bits per heavy atom. The third kappa shape index (κ3) is 2.18. The summed E-state index contributed by atoms with van der Waals surface area (Å²) in [6, 6.07) is 5.18. The number of hydrogen-bond acceptors (Lipinski definition) is 3. The number of anilines is 1. The summed E-state index contributed by atoms with van der Waals surface area (Å²) in [7, 11) is 1.70. The van der Waals surface area contributed by atoms with Crippen molar-refractivity contribution in [3.05, 3.63) is 29.6 Å². The van der Waals surface area contributed by atoms with Gasteiger partial charge in [-0.25, -0.2) is 4.39 Å². The molecule has 0 amide bonds. The number of nitrogens with two attached hydrogens (primary N) is 1. The van der Waals surface area contributed by atoms with Crippen LogP contribution in [0.2, 0.25) is 0 Å². The van der Waals surface area contributed by atoms with E-state index in [1.807, 2.05) is 11.0 Å². The molecule has 0 aliphatic carbocycles. The average molecular weight is 224 g/mol. The molecule has 4 heteroatoms. The smallest absolute Gasteiger partial charge is 0.146 e. The fourth-order valence-electron chi connectivity index (χ4n) is 2.07. The Bertz CT molecular complexity index is 370. The summed E-state index contributed by atoms with van der Waals surface area (Å²) in [5.74, 6) is -0.195. The van der Waals surface area contributed by atoms with Crippen LogP contribution in [-0.2, 0) is 11.3 Å². The maximum Gasteiger partial charge on any atom is 0.146 e. The van der Waals surface area contributed by atoms with Gasteiger partial charge >= 0.3 is 0 Å². The lowest BCUT2D eigenvalue weighted by atomic mass is 10.2. The zero-order chi connectivity index (χ0) is 11.5. The lowest BCUT2D eigenvalue weighted by Gasteiger charge is -2.19. The summed E-state index contributed by atoms with van der Waals surface area (Å²) in [6.45, 7) is 1.98. The Morgan fingerprint density at radius 1 is 1.56 bits per heavy atom. The van der Waals surface area contributed by atoms with E-state index in [4.69, 9.17) is 10.5 Å². The normalized spacial score (nSPS) is 20.4. The van der Waals surface area contributed by atoms with Crippen molar-refractivity contribution >= 4 is 5.69 Å². The van der Waals surface area contributed by atoms with E-state index in [0.717, 1.165) is 25.1 Å². The lowest BCUT2D eigenvalue weighted by Crippen LogP contribution is -2.23. The Morgan fingerprint density at radius 2 is 2.38 bits per heavy atom. The molecule has 1 unspecified atom stereocenters. The highest BCUT2D eigenvalue weighted by atomic mass is 19.1. The topological polar surface area (TPSA) is 38.5 Å². The minimum atomic E-state index is -0.195. The molecule has 3 nitrogen and oxygen atoms in total. The SMILES string of the molecule is COC1CCN(c2ccc(CN)cc2F)C1. The standard InChI is InChI=1S/C12H17FN2O/c1-16-10-4-5-15(8-10)12-3-2-9(7-14)6-11(12)13/h2-3,6,10H,4-5,7-8,14H2,1H3. The summed E-state index contributed by atoms with van der Waals surface area (Å²) in [4.78, 5) is 2.02. The molecule has 88 valence electrons. The number of methoxy groups -OCH3 is 1. The van der Waals surface area contributed by atoms with E-state index in [1.54, 1.807) is 13.2 Å². The number of rotatable bonds is 3. The van der Waals surface area contributed by atoms with E-state index in [0.29, 0.717) is 12.2 Å². The number of nitrogens with zero attached hydrogens (tertiary/aromatic N) is 1. The first-order chi connectivity index (χ1) is 7.74. The molecule has 1 saturated heterocycles. The first kappa shape index (κ1) is 11.4. The molecule has 16 heavy (non-hydrogen) atoms. The fourth-order valence-corrected chi connectivity index (χ4v) is 2.07. The second kappa shape index (κ2) is 4.80. The zero-order valence-corrected chi connectivity index (χ0v) is 9.45. The van der Waals surface area contributed by atoms with Crippen molar-refractivity contribution in [2.24, 2.45) is 5.73 Å². The van der Waals surface area contributed by atoms with Crippen LogP contribution in [0.25, 0.3) is 0 Å². The third-order valence-corrected chi connectivity index (χ3v) is 3.07. The van der Waals surface area contributed by atoms with Gasteiger partial charge in [-0.05, 0) is 24.1 Å². The van der Waals surface area contributed by atoms with Crippen molar-refractivity contribution in [3.8, 4) is 0 Å². The van der Waals surface area contributed by atoms with Crippen LogP contribution in [0.4, 0.5) is 10.1 Å². The van der Waals surface area contributed by atoms with Gasteiger partial charge in [0.15, 0.2) is 0 Å². The largest absolute Gasteiger partial charge is 0.380 e. The van der Waals surface area contributed by atoms with Crippen LogP contribution in [0, 0.1) is 5.82 Å². The second-order valence-electron chi connectivity index (χ2n) is 4.08. The molecule has 1 aromatic carbocycles. The van der Waals surface area contributed by atoms with Gasteiger partial charge in [0.05, 0.1) is 11.8 Å². The van der Waals surface area contributed by atoms with Crippen LogP contribution < -0.4 is 10.6 Å². The Kier molecular flexibility index (Phi) is 3.41. The number of halogens is 1. The van der Waals surface area contributed by atoms with E-state index in [2.05, 4.69) is 0 Å². The highest BCUT2D eigenvalue weighted by Crippen LogP contribution is 2.25. The number of hydrogen-bond donors (Lipinski definition) is 1. The van der Waals surface area contributed by atoms with Gasteiger partial charge in [0.2, 0.25) is 0 Å². The van der Waals surface area contributed by atoms with Crippen molar-refractivity contribution in [3.63, 3.8) is 0 Å². The van der Waals surface area contributed by atoms with E-state index >= 15 is 0 Å². The molecule has 2 rings (SSSR count). The molecule has 1 heterocycles.